The molecule has 0 atom stereocenters. The lowest BCUT2D eigenvalue weighted by atomic mass is 9.96. The number of rotatable bonds is 5. The number of likely N-dealkylation sites (tertiary alicyclic amines) is 1. The largest absolute Gasteiger partial charge is 0.367 e. The van der Waals surface area contributed by atoms with Crippen LogP contribution >= 0.6 is 11.3 Å². The van der Waals surface area contributed by atoms with Crippen molar-refractivity contribution in [3.05, 3.63) is 46.4 Å². The molecule has 1 fully saturated rings. The Morgan fingerprint density at radius 2 is 2.24 bits per heavy atom. The number of hydrogen-bond donors (Lipinski definition) is 2. The topological polar surface area (TPSA) is 48.1 Å². The molecule has 1 saturated heterocycles. The maximum Gasteiger partial charge on any atom is 0.252 e. The van der Waals surface area contributed by atoms with Crippen molar-refractivity contribution >= 4 is 17.2 Å². The van der Waals surface area contributed by atoms with Crippen molar-refractivity contribution < 1.29 is 4.79 Å². The molecule has 1 amide bonds. The number of hydrogen-bond acceptors (Lipinski definition) is 3. The van der Waals surface area contributed by atoms with E-state index >= 15 is 0 Å². The number of nitrogens with zero attached hydrogens (tertiary/aromatic N) is 1. The van der Waals surface area contributed by atoms with Gasteiger partial charge in [0.1, 0.15) is 0 Å². The van der Waals surface area contributed by atoms with Crippen molar-refractivity contribution in [2.24, 2.45) is 5.92 Å². The van der Waals surface area contributed by atoms with E-state index < -0.39 is 0 Å². The smallest absolute Gasteiger partial charge is 0.252 e. The summed E-state index contributed by atoms with van der Waals surface area (Å²) in [6, 6.07) is 6.12. The first-order chi connectivity index (χ1) is 10.3. The Morgan fingerprint density at radius 1 is 1.38 bits per heavy atom. The summed E-state index contributed by atoms with van der Waals surface area (Å²) in [6.07, 6.45) is 5.84. The number of aromatic nitrogens is 1. The Bertz CT molecular complexity index is 542. The number of thiophene rings is 1. The molecule has 112 valence electrons. The van der Waals surface area contributed by atoms with Gasteiger partial charge in [-0.1, -0.05) is 6.07 Å². The third-order valence-electron chi connectivity index (χ3n) is 4.08. The zero-order chi connectivity index (χ0) is 14.5. The lowest BCUT2D eigenvalue weighted by molar-refractivity contribution is 0.0935. The first-order valence-corrected chi connectivity index (χ1v) is 8.35. The van der Waals surface area contributed by atoms with E-state index in [2.05, 4.69) is 32.7 Å². The van der Waals surface area contributed by atoms with Gasteiger partial charge in [0.2, 0.25) is 0 Å². The van der Waals surface area contributed by atoms with Crippen molar-refractivity contribution in [3.63, 3.8) is 0 Å². The molecule has 2 aromatic rings. The fourth-order valence-electron chi connectivity index (χ4n) is 2.78. The molecule has 5 heteroatoms. The first-order valence-electron chi connectivity index (χ1n) is 7.47. The molecule has 2 aromatic heterocycles. The molecule has 1 aliphatic rings. The monoisotopic (exact) mass is 303 g/mol. The van der Waals surface area contributed by atoms with Gasteiger partial charge in [-0.25, -0.2) is 0 Å². The summed E-state index contributed by atoms with van der Waals surface area (Å²) in [5.74, 6) is 0.629. The molecule has 0 aromatic carbocycles. The number of amides is 1. The molecule has 0 spiro atoms. The maximum atomic E-state index is 11.9. The Labute approximate surface area is 129 Å². The van der Waals surface area contributed by atoms with Gasteiger partial charge >= 0.3 is 0 Å². The summed E-state index contributed by atoms with van der Waals surface area (Å²) in [7, 11) is 0. The van der Waals surface area contributed by atoms with Crippen molar-refractivity contribution in [3.8, 4) is 0 Å². The second-order valence-electron chi connectivity index (χ2n) is 5.61. The molecule has 0 unspecified atom stereocenters. The zero-order valence-corrected chi connectivity index (χ0v) is 12.9. The van der Waals surface area contributed by atoms with Crippen LogP contribution in [-0.2, 0) is 6.54 Å². The van der Waals surface area contributed by atoms with Crippen molar-refractivity contribution in [2.75, 3.05) is 19.6 Å². The second-order valence-corrected chi connectivity index (χ2v) is 6.64. The lowest BCUT2D eigenvalue weighted by Crippen LogP contribution is -2.38. The predicted molar refractivity (Wildman–Crippen MR) is 85.4 cm³/mol. The van der Waals surface area contributed by atoms with Crippen LogP contribution in [-0.4, -0.2) is 35.4 Å². The maximum absolute atomic E-state index is 11.9. The molecule has 3 heterocycles. The van der Waals surface area contributed by atoms with E-state index in [0.29, 0.717) is 11.5 Å². The molecule has 0 bridgehead atoms. The fraction of sp³-hybridized carbons (Fsp3) is 0.438. The Kier molecular flexibility index (Phi) is 4.72. The van der Waals surface area contributed by atoms with Gasteiger partial charge in [-0.05, 0) is 49.4 Å². The number of carbonyl (C=O) groups is 1. The van der Waals surface area contributed by atoms with E-state index in [9.17, 15) is 4.79 Å². The Balaban J connectivity index is 1.39. The number of H-pyrrole nitrogens is 1. The number of aromatic amines is 1. The van der Waals surface area contributed by atoms with Gasteiger partial charge in [-0.15, -0.1) is 11.3 Å². The quantitative estimate of drug-likeness (QED) is 0.892. The Morgan fingerprint density at radius 3 is 2.90 bits per heavy atom. The molecular weight excluding hydrogens is 282 g/mol. The van der Waals surface area contributed by atoms with E-state index in [1.165, 1.54) is 17.7 Å². The second kappa shape index (κ2) is 6.91. The van der Waals surface area contributed by atoms with Crippen LogP contribution in [0.5, 0.6) is 0 Å². The van der Waals surface area contributed by atoms with Crippen molar-refractivity contribution in [1.82, 2.24) is 15.2 Å². The summed E-state index contributed by atoms with van der Waals surface area (Å²) >= 11 is 1.83. The molecule has 2 N–H and O–H groups in total. The van der Waals surface area contributed by atoms with E-state index in [-0.39, 0.29) is 5.91 Å². The fourth-order valence-corrected chi connectivity index (χ4v) is 3.52. The van der Waals surface area contributed by atoms with Crippen LogP contribution in [0.4, 0.5) is 0 Å². The van der Waals surface area contributed by atoms with Gasteiger partial charge < -0.3 is 10.3 Å². The average Bonchev–Trinajstić information content (AvgIpc) is 3.19. The van der Waals surface area contributed by atoms with Gasteiger partial charge in [0.15, 0.2) is 0 Å². The summed E-state index contributed by atoms with van der Waals surface area (Å²) in [6.45, 7) is 4.11. The molecule has 1 aliphatic heterocycles. The number of nitrogens with one attached hydrogen (secondary N) is 2. The molecular formula is C16H21N3OS. The predicted octanol–water partition coefficient (Wildman–Crippen LogP) is 2.72. The average molecular weight is 303 g/mol. The van der Waals surface area contributed by atoms with Crippen molar-refractivity contribution in [1.29, 1.82) is 0 Å². The first kappa shape index (κ1) is 14.4. The standard InChI is InChI=1S/C16H21N3OS/c20-16(14-3-6-17-11-14)18-10-13-4-7-19(8-5-13)12-15-2-1-9-21-15/h1-3,6,9,11,13,17H,4-5,7-8,10,12H2,(H,18,20). The third kappa shape index (κ3) is 3.95. The van der Waals surface area contributed by atoms with Crippen LogP contribution < -0.4 is 5.32 Å². The van der Waals surface area contributed by atoms with Crippen molar-refractivity contribution in [2.45, 2.75) is 19.4 Å². The van der Waals surface area contributed by atoms with Gasteiger partial charge in [0.05, 0.1) is 5.56 Å². The highest BCUT2D eigenvalue weighted by Gasteiger charge is 2.20. The van der Waals surface area contributed by atoms with Crippen LogP contribution in [0, 0.1) is 5.92 Å². The molecule has 0 saturated carbocycles. The number of carbonyl (C=O) groups excluding carboxylic acids is 1. The summed E-state index contributed by atoms with van der Waals surface area (Å²) in [5, 5.41) is 5.18. The highest BCUT2D eigenvalue weighted by Crippen LogP contribution is 2.20. The van der Waals surface area contributed by atoms with Gasteiger partial charge in [0, 0.05) is 30.4 Å². The lowest BCUT2D eigenvalue weighted by Gasteiger charge is -2.31. The highest BCUT2D eigenvalue weighted by molar-refractivity contribution is 7.09. The minimum Gasteiger partial charge on any atom is -0.367 e. The highest BCUT2D eigenvalue weighted by atomic mass is 32.1. The van der Waals surface area contributed by atoms with Crippen LogP contribution in [0.25, 0.3) is 0 Å². The summed E-state index contributed by atoms with van der Waals surface area (Å²) in [5.41, 5.74) is 0.713. The van der Waals surface area contributed by atoms with Crippen LogP contribution in [0.15, 0.2) is 36.0 Å². The zero-order valence-electron chi connectivity index (χ0n) is 12.0. The minimum atomic E-state index is 0.0252. The van der Waals surface area contributed by atoms with E-state index in [1.54, 1.807) is 18.5 Å². The SMILES string of the molecule is O=C(NCC1CCN(Cc2cccs2)CC1)c1cc[nH]c1. The van der Waals surface area contributed by atoms with E-state index in [0.717, 1.165) is 26.2 Å². The van der Waals surface area contributed by atoms with E-state index in [4.69, 9.17) is 0 Å². The molecule has 21 heavy (non-hydrogen) atoms. The normalized spacial score (nSPS) is 17.0. The summed E-state index contributed by atoms with van der Waals surface area (Å²) < 4.78 is 0. The third-order valence-corrected chi connectivity index (χ3v) is 4.94. The minimum absolute atomic E-state index is 0.0252. The van der Waals surface area contributed by atoms with Crippen LogP contribution in [0.2, 0.25) is 0 Å². The molecule has 0 aliphatic carbocycles. The van der Waals surface area contributed by atoms with E-state index in [1.807, 2.05) is 11.3 Å². The van der Waals surface area contributed by atoms with Gasteiger partial charge in [0.25, 0.3) is 5.91 Å². The molecule has 3 rings (SSSR count). The summed E-state index contributed by atoms with van der Waals surface area (Å²) in [4.78, 5) is 18.7. The molecule has 0 radical (unpaired) electrons. The van der Waals surface area contributed by atoms with Gasteiger partial charge in [-0.2, -0.15) is 0 Å². The van der Waals surface area contributed by atoms with Gasteiger partial charge in [-0.3, -0.25) is 9.69 Å². The molecule has 4 nitrogen and oxygen atoms in total. The number of piperidine rings is 1. The van der Waals surface area contributed by atoms with Crippen LogP contribution in [0.1, 0.15) is 28.1 Å². The Hall–Kier alpha value is -1.59. The van der Waals surface area contributed by atoms with Crippen LogP contribution in [0.3, 0.4) is 0 Å².